The highest BCUT2D eigenvalue weighted by molar-refractivity contribution is 5.88. The maximum absolute atomic E-state index is 6.70. The Morgan fingerprint density at radius 3 is 2.29 bits per heavy atom. The summed E-state index contributed by atoms with van der Waals surface area (Å²) in [5.41, 5.74) is 11.2. The lowest BCUT2D eigenvalue weighted by Gasteiger charge is -2.22. The van der Waals surface area contributed by atoms with Crippen LogP contribution in [0.5, 0.6) is 0 Å². The first-order chi connectivity index (χ1) is 11.2. The molecule has 0 aliphatic rings. The lowest BCUT2D eigenvalue weighted by atomic mass is 9.85. The molecule has 1 unspecified atom stereocenters. The molecule has 0 spiro atoms. The van der Waals surface area contributed by atoms with Gasteiger partial charge < -0.3 is 11.2 Å². The van der Waals surface area contributed by atoms with Crippen LogP contribution in [0, 0.1) is 0 Å². The number of fused-ring (bicyclic) bond motifs is 1. The van der Waals surface area contributed by atoms with Crippen LogP contribution in [0.15, 0.2) is 30.3 Å². The SMILES string of the molecule is CCCCCC(N)c1c(CCC)c(CCC)cc2ccccc12.O. The van der Waals surface area contributed by atoms with Crippen molar-refractivity contribution in [3.63, 3.8) is 0 Å². The van der Waals surface area contributed by atoms with Crippen molar-refractivity contribution in [1.29, 1.82) is 0 Å². The van der Waals surface area contributed by atoms with Gasteiger partial charge >= 0.3 is 0 Å². The van der Waals surface area contributed by atoms with Gasteiger partial charge in [0.25, 0.3) is 0 Å². The van der Waals surface area contributed by atoms with Crippen LogP contribution in [0.25, 0.3) is 10.8 Å². The van der Waals surface area contributed by atoms with Crippen LogP contribution in [0.4, 0.5) is 0 Å². The minimum absolute atomic E-state index is 0. The third kappa shape index (κ3) is 4.81. The number of nitrogens with two attached hydrogens (primary N) is 1. The molecule has 0 radical (unpaired) electrons. The molecule has 1 atom stereocenters. The summed E-state index contributed by atoms with van der Waals surface area (Å²) in [7, 11) is 0. The van der Waals surface area contributed by atoms with E-state index >= 15 is 0 Å². The summed E-state index contributed by atoms with van der Waals surface area (Å²) in [6.45, 7) is 6.80. The Morgan fingerprint density at radius 1 is 0.917 bits per heavy atom. The fourth-order valence-corrected chi connectivity index (χ4v) is 3.70. The van der Waals surface area contributed by atoms with Gasteiger partial charge in [-0.1, -0.05) is 83.2 Å². The van der Waals surface area contributed by atoms with E-state index in [2.05, 4.69) is 51.1 Å². The van der Waals surface area contributed by atoms with Gasteiger partial charge in [0.1, 0.15) is 0 Å². The summed E-state index contributed by atoms with van der Waals surface area (Å²) in [6, 6.07) is 11.4. The first kappa shape index (κ1) is 20.7. The molecule has 2 rings (SSSR count). The quantitative estimate of drug-likeness (QED) is 0.607. The average Bonchev–Trinajstić information content (AvgIpc) is 2.56. The Hall–Kier alpha value is -1.38. The molecule has 0 aliphatic carbocycles. The zero-order chi connectivity index (χ0) is 16.7. The molecule has 134 valence electrons. The lowest BCUT2D eigenvalue weighted by Crippen LogP contribution is -2.15. The van der Waals surface area contributed by atoms with Gasteiger partial charge in [-0.2, -0.15) is 0 Å². The van der Waals surface area contributed by atoms with E-state index in [-0.39, 0.29) is 11.5 Å². The molecule has 0 fully saturated rings. The highest BCUT2D eigenvalue weighted by Gasteiger charge is 2.17. The summed E-state index contributed by atoms with van der Waals surface area (Å²) in [4.78, 5) is 0. The predicted molar refractivity (Wildman–Crippen MR) is 107 cm³/mol. The van der Waals surface area contributed by atoms with Crippen molar-refractivity contribution in [2.24, 2.45) is 5.73 Å². The number of hydrogen-bond acceptors (Lipinski definition) is 1. The van der Waals surface area contributed by atoms with Gasteiger partial charge in [-0.25, -0.2) is 0 Å². The summed E-state index contributed by atoms with van der Waals surface area (Å²) in [5, 5.41) is 2.73. The Balaban J connectivity index is 0.00000288. The van der Waals surface area contributed by atoms with E-state index in [1.54, 1.807) is 0 Å². The van der Waals surface area contributed by atoms with Gasteiger partial charge in [0.05, 0.1) is 0 Å². The van der Waals surface area contributed by atoms with Crippen LogP contribution in [0.3, 0.4) is 0 Å². The third-order valence-electron chi connectivity index (χ3n) is 4.80. The van der Waals surface area contributed by atoms with Crippen LogP contribution in [-0.4, -0.2) is 5.48 Å². The monoisotopic (exact) mass is 329 g/mol. The number of rotatable bonds is 9. The Bertz CT molecular complexity index is 621. The molecule has 0 aliphatic heterocycles. The Labute approximate surface area is 147 Å². The van der Waals surface area contributed by atoms with Gasteiger partial charge in [-0.15, -0.1) is 0 Å². The van der Waals surface area contributed by atoms with E-state index in [4.69, 9.17) is 5.73 Å². The molecule has 2 heteroatoms. The van der Waals surface area contributed by atoms with Crippen LogP contribution in [0.2, 0.25) is 0 Å². The maximum atomic E-state index is 6.70. The molecular weight excluding hydrogens is 294 g/mol. The molecule has 0 aromatic heterocycles. The molecule has 0 heterocycles. The summed E-state index contributed by atoms with van der Waals surface area (Å²) < 4.78 is 0. The van der Waals surface area contributed by atoms with Crippen molar-refractivity contribution in [3.8, 4) is 0 Å². The summed E-state index contributed by atoms with van der Waals surface area (Å²) in [6.07, 6.45) is 9.56. The molecule has 24 heavy (non-hydrogen) atoms. The zero-order valence-corrected chi connectivity index (χ0v) is 15.7. The van der Waals surface area contributed by atoms with E-state index in [9.17, 15) is 0 Å². The summed E-state index contributed by atoms with van der Waals surface area (Å²) in [5.74, 6) is 0. The van der Waals surface area contributed by atoms with E-state index in [0.717, 1.165) is 19.3 Å². The highest BCUT2D eigenvalue weighted by atomic mass is 16.0. The van der Waals surface area contributed by atoms with Gasteiger partial charge in [0.2, 0.25) is 0 Å². The largest absolute Gasteiger partial charge is 0.412 e. The normalized spacial score (nSPS) is 12.2. The topological polar surface area (TPSA) is 57.5 Å². The van der Waals surface area contributed by atoms with Crippen molar-refractivity contribution in [2.75, 3.05) is 0 Å². The number of benzene rings is 2. The smallest absolute Gasteiger partial charge is 0.0303 e. The molecule has 0 bridgehead atoms. The van der Waals surface area contributed by atoms with Crippen LogP contribution >= 0.6 is 0 Å². The number of unbranched alkanes of at least 4 members (excludes halogenated alkanes) is 2. The molecular formula is C22H35NO. The van der Waals surface area contributed by atoms with E-state index in [1.165, 1.54) is 59.6 Å². The maximum Gasteiger partial charge on any atom is 0.0303 e. The van der Waals surface area contributed by atoms with Crippen molar-refractivity contribution in [2.45, 2.75) is 78.2 Å². The zero-order valence-electron chi connectivity index (χ0n) is 15.7. The van der Waals surface area contributed by atoms with Crippen molar-refractivity contribution < 1.29 is 5.48 Å². The van der Waals surface area contributed by atoms with Crippen molar-refractivity contribution in [1.82, 2.24) is 0 Å². The lowest BCUT2D eigenvalue weighted by molar-refractivity contribution is 0.579. The molecule has 0 saturated heterocycles. The second-order valence-electron chi connectivity index (χ2n) is 6.75. The Morgan fingerprint density at radius 2 is 1.62 bits per heavy atom. The molecule has 0 amide bonds. The average molecular weight is 330 g/mol. The minimum Gasteiger partial charge on any atom is -0.412 e. The fourth-order valence-electron chi connectivity index (χ4n) is 3.70. The fraction of sp³-hybridized carbons (Fsp3) is 0.545. The van der Waals surface area contributed by atoms with Crippen molar-refractivity contribution >= 4 is 10.8 Å². The Kier molecular flexibility index (Phi) is 9.02. The third-order valence-corrected chi connectivity index (χ3v) is 4.80. The van der Waals surface area contributed by atoms with Gasteiger partial charge in [-0.3, -0.25) is 0 Å². The number of aryl methyl sites for hydroxylation is 1. The molecule has 2 aromatic rings. The van der Waals surface area contributed by atoms with E-state index in [1.807, 2.05) is 0 Å². The predicted octanol–water partition coefficient (Wildman–Crippen LogP) is 5.50. The minimum atomic E-state index is 0. The first-order valence-corrected chi connectivity index (χ1v) is 9.51. The van der Waals surface area contributed by atoms with Crippen molar-refractivity contribution in [3.05, 3.63) is 47.0 Å². The van der Waals surface area contributed by atoms with Crippen LogP contribution < -0.4 is 5.73 Å². The van der Waals surface area contributed by atoms with E-state index in [0.29, 0.717) is 0 Å². The number of hydrogen-bond donors (Lipinski definition) is 1. The van der Waals surface area contributed by atoms with Crippen LogP contribution in [-0.2, 0) is 12.8 Å². The van der Waals surface area contributed by atoms with E-state index < -0.39 is 0 Å². The highest BCUT2D eigenvalue weighted by Crippen LogP contribution is 2.33. The molecule has 2 aromatic carbocycles. The molecule has 2 nitrogen and oxygen atoms in total. The standard InChI is InChI=1S/C22H33N.H2O/c1-4-7-8-15-21(23)22-19(12-6-3)17(11-5-2)16-18-13-9-10-14-20(18)22;/h9-10,13-14,16,21H,4-8,11-12,15,23H2,1-3H3;1H2. The second kappa shape index (κ2) is 10.5. The molecule has 4 N–H and O–H groups in total. The molecule has 0 saturated carbocycles. The van der Waals surface area contributed by atoms with Crippen LogP contribution in [0.1, 0.15) is 82.0 Å². The second-order valence-corrected chi connectivity index (χ2v) is 6.75. The van der Waals surface area contributed by atoms with Gasteiger partial charge in [0, 0.05) is 6.04 Å². The first-order valence-electron chi connectivity index (χ1n) is 9.51. The van der Waals surface area contributed by atoms with Gasteiger partial charge in [-0.05, 0) is 46.7 Å². The summed E-state index contributed by atoms with van der Waals surface area (Å²) >= 11 is 0. The van der Waals surface area contributed by atoms with Gasteiger partial charge in [0.15, 0.2) is 0 Å².